The second kappa shape index (κ2) is 6.91. The molecule has 0 aliphatic carbocycles. The van der Waals surface area contributed by atoms with Gasteiger partial charge in [0, 0.05) is 13.0 Å². The van der Waals surface area contributed by atoms with Crippen LogP contribution >= 0.6 is 0 Å². The number of carboxylic acids is 1. The highest BCUT2D eigenvalue weighted by molar-refractivity contribution is 5.70. The normalized spacial score (nSPS) is 12.3. The third-order valence-electron chi connectivity index (χ3n) is 2.44. The lowest BCUT2D eigenvalue weighted by molar-refractivity contribution is -0.316. The van der Waals surface area contributed by atoms with E-state index in [4.69, 9.17) is 9.84 Å². The summed E-state index contributed by atoms with van der Waals surface area (Å²) in [6.45, 7) is 2.44. The summed E-state index contributed by atoms with van der Waals surface area (Å²) in [5.41, 5.74) is 0.800. The van der Waals surface area contributed by atoms with Crippen molar-refractivity contribution in [1.29, 1.82) is 0 Å². The van der Waals surface area contributed by atoms with Crippen LogP contribution in [0.2, 0.25) is 0 Å². The van der Waals surface area contributed by atoms with E-state index >= 15 is 0 Å². The van der Waals surface area contributed by atoms with Crippen molar-refractivity contribution in [3.8, 4) is 5.75 Å². The third-order valence-corrected chi connectivity index (χ3v) is 2.44. The maximum atomic E-state index is 10.9. The van der Waals surface area contributed by atoms with Gasteiger partial charge in [-0.2, -0.15) is 0 Å². The number of hydrogen-bond acceptors (Lipinski definition) is 4. The summed E-state index contributed by atoms with van der Waals surface area (Å²) >= 11 is 0. The molecule has 1 atom stereocenters. The number of carboxylic acid groups (broad SMARTS) is 1. The van der Waals surface area contributed by atoms with Gasteiger partial charge in [0.1, 0.15) is 11.9 Å². The van der Waals surface area contributed by atoms with Crippen molar-refractivity contribution in [2.45, 2.75) is 32.3 Å². The standard InChI is InChI=1S/C13H18O4/c1-2-3-8-17-12(13(15)16)9-10-4-6-11(14)7-5-10/h4-7,12,14H,2-3,8-9H2,1H3,(H,15,16)/p-1. The van der Waals surface area contributed by atoms with Crippen molar-refractivity contribution in [3.63, 3.8) is 0 Å². The molecule has 0 fully saturated rings. The van der Waals surface area contributed by atoms with Crippen molar-refractivity contribution >= 4 is 5.97 Å². The van der Waals surface area contributed by atoms with Gasteiger partial charge in [0.15, 0.2) is 0 Å². The molecule has 1 rings (SSSR count). The molecule has 94 valence electrons. The number of aromatic hydroxyl groups is 1. The average molecular weight is 237 g/mol. The number of hydrogen-bond donors (Lipinski definition) is 1. The van der Waals surface area contributed by atoms with Gasteiger partial charge in [0.25, 0.3) is 0 Å². The second-order valence-corrected chi connectivity index (χ2v) is 3.90. The van der Waals surface area contributed by atoms with E-state index in [0.29, 0.717) is 6.61 Å². The molecule has 0 radical (unpaired) electrons. The molecule has 1 aromatic rings. The molecule has 0 saturated carbocycles. The first-order valence-corrected chi connectivity index (χ1v) is 5.74. The highest BCUT2D eigenvalue weighted by atomic mass is 16.5. The minimum Gasteiger partial charge on any atom is -0.547 e. The van der Waals surface area contributed by atoms with Crippen LogP contribution in [0.5, 0.6) is 5.75 Å². The number of rotatable bonds is 7. The number of carbonyl (C=O) groups excluding carboxylic acids is 1. The molecule has 1 aromatic carbocycles. The Bertz CT molecular complexity index is 345. The Morgan fingerprint density at radius 1 is 1.41 bits per heavy atom. The fourth-order valence-electron chi connectivity index (χ4n) is 1.43. The van der Waals surface area contributed by atoms with E-state index in [1.54, 1.807) is 12.1 Å². The Morgan fingerprint density at radius 2 is 2.06 bits per heavy atom. The summed E-state index contributed by atoms with van der Waals surface area (Å²) in [5, 5.41) is 20.0. The van der Waals surface area contributed by atoms with Crippen LogP contribution in [0.3, 0.4) is 0 Å². The van der Waals surface area contributed by atoms with Gasteiger partial charge >= 0.3 is 0 Å². The zero-order chi connectivity index (χ0) is 12.7. The molecule has 0 heterocycles. The average Bonchev–Trinajstić information content (AvgIpc) is 2.30. The summed E-state index contributed by atoms with van der Waals surface area (Å²) < 4.78 is 5.25. The predicted molar refractivity (Wildman–Crippen MR) is 61.5 cm³/mol. The summed E-state index contributed by atoms with van der Waals surface area (Å²) in [4.78, 5) is 10.9. The number of ether oxygens (including phenoxy) is 1. The van der Waals surface area contributed by atoms with Gasteiger partial charge < -0.3 is 19.7 Å². The molecule has 4 heteroatoms. The first-order chi connectivity index (χ1) is 8.13. The van der Waals surface area contributed by atoms with Gasteiger partial charge in [0.2, 0.25) is 0 Å². The third kappa shape index (κ3) is 4.87. The summed E-state index contributed by atoms with van der Waals surface area (Å²) in [6, 6.07) is 6.39. The summed E-state index contributed by atoms with van der Waals surface area (Å²) in [6.07, 6.45) is 1.12. The molecular weight excluding hydrogens is 220 g/mol. The molecule has 0 aromatic heterocycles. The monoisotopic (exact) mass is 237 g/mol. The Morgan fingerprint density at radius 3 is 2.59 bits per heavy atom. The minimum atomic E-state index is -1.20. The number of phenolic OH excluding ortho intramolecular Hbond substituents is 1. The molecule has 1 N–H and O–H groups in total. The highest BCUT2D eigenvalue weighted by Crippen LogP contribution is 2.12. The first-order valence-electron chi connectivity index (χ1n) is 5.74. The maximum Gasteiger partial charge on any atom is 0.115 e. The second-order valence-electron chi connectivity index (χ2n) is 3.90. The zero-order valence-corrected chi connectivity index (χ0v) is 9.89. The number of carbonyl (C=O) groups is 1. The smallest absolute Gasteiger partial charge is 0.115 e. The van der Waals surface area contributed by atoms with Crippen LogP contribution in [0.1, 0.15) is 25.3 Å². The molecule has 0 bridgehead atoms. The minimum absolute atomic E-state index is 0.158. The van der Waals surface area contributed by atoms with Gasteiger partial charge in [-0.3, -0.25) is 0 Å². The zero-order valence-electron chi connectivity index (χ0n) is 9.89. The summed E-state index contributed by atoms with van der Waals surface area (Å²) in [5.74, 6) is -1.04. The number of unbranched alkanes of at least 4 members (excludes halogenated alkanes) is 1. The van der Waals surface area contributed by atoms with E-state index in [-0.39, 0.29) is 12.2 Å². The molecule has 0 spiro atoms. The molecular formula is C13H17O4-. The van der Waals surface area contributed by atoms with Gasteiger partial charge in [-0.15, -0.1) is 0 Å². The van der Waals surface area contributed by atoms with Crippen molar-refractivity contribution in [1.82, 2.24) is 0 Å². The van der Waals surface area contributed by atoms with Gasteiger partial charge in [-0.1, -0.05) is 25.5 Å². The van der Waals surface area contributed by atoms with E-state index in [2.05, 4.69) is 0 Å². The lowest BCUT2D eigenvalue weighted by atomic mass is 10.1. The van der Waals surface area contributed by atoms with Gasteiger partial charge in [-0.25, -0.2) is 0 Å². The molecule has 0 saturated heterocycles. The van der Waals surface area contributed by atoms with Gasteiger partial charge in [0.05, 0.1) is 5.97 Å². The van der Waals surface area contributed by atoms with E-state index in [1.165, 1.54) is 12.1 Å². The number of benzene rings is 1. The Hall–Kier alpha value is -1.55. The molecule has 0 aliphatic rings. The Kier molecular flexibility index (Phi) is 5.49. The molecule has 1 unspecified atom stereocenters. The molecule has 4 nitrogen and oxygen atoms in total. The molecule has 17 heavy (non-hydrogen) atoms. The topological polar surface area (TPSA) is 69.6 Å². The quantitative estimate of drug-likeness (QED) is 0.714. The SMILES string of the molecule is CCCCOC(Cc1ccc(O)cc1)C(=O)[O-]. The first kappa shape index (κ1) is 13.5. The van der Waals surface area contributed by atoms with E-state index < -0.39 is 12.1 Å². The van der Waals surface area contributed by atoms with E-state index in [9.17, 15) is 9.90 Å². The van der Waals surface area contributed by atoms with Crippen LogP contribution in [-0.4, -0.2) is 23.8 Å². The van der Waals surface area contributed by atoms with Crippen molar-refractivity contribution in [2.75, 3.05) is 6.61 Å². The number of phenols is 1. The Balaban J connectivity index is 2.54. The highest BCUT2D eigenvalue weighted by Gasteiger charge is 2.11. The lowest BCUT2D eigenvalue weighted by Gasteiger charge is -2.18. The van der Waals surface area contributed by atoms with E-state index in [1.807, 2.05) is 6.92 Å². The maximum absolute atomic E-state index is 10.9. The van der Waals surface area contributed by atoms with E-state index in [0.717, 1.165) is 18.4 Å². The largest absolute Gasteiger partial charge is 0.547 e. The van der Waals surface area contributed by atoms with Crippen LogP contribution in [0.4, 0.5) is 0 Å². The fourth-order valence-corrected chi connectivity index (χ4v) is 1.43. The van der Waals surface area contributed by atoms with Crippen LogP contribution < -0.4 is 5.11 Å². The molecule has 0 amide bonds. The van der Waals surface area contributed by atoms with Crippen molar-refractivity contribution < 1.29 is 19.7 Å². The Labute approximate surface area is 101 Å². The number of aliphatic carboxylic acids is 1. The lowest BCUT2D eigenvalue weighted by Crippen LogP contribution is -2.39. The van der Waals surface area contributed by atoms with Crippen LogP contribution in [-0.2, 0) is 16.0 Å². The van der Waals surface area contributed by atoms with Crippen LogP contribution in [0.25, 0.3) is 0 Å². The summed E-state index contributed by atoms with van der Waals surface area (Å²) in [7, 11) is 0. The van der Waals surface area contributed by atoms with Gasteiger partial charge in [-0.05, 0) is 24.1 Å². The van der Waals surface area contributed by atoms with Crippen molar-refractivity contribution in [2.24, 2.45) is 0 Å². The predicted octanol–water partition coefficient (Wildman–Crippen LogP) is 0.870. The molecule has 0 aliphatic heterocycles. The van der Waals surface area contributed by atoms with Crippen LogP contribution in [0, 0.1) is 0 Å². The van der Waals surface area contributed by atoms with Crippen molar-refractivity contribution in [3.05, 3.63) is 29.8 Å². The van der Waals surface area contributed by atoms with Crippen LogP contribution in [0.15, 0.2) is 24.3 Å². The fraction of sp³-hybridized carbons (Fsp3) is 0.462.